The molecule has 1 aromatic rings. The first-order valence-electron chi connectivity index (χ1n) is 3.19. The lowest BCUT2D eigenvalue weighted by atomic mass is 10.3. The van der Waals surface area contributed by atoms with Crippen LogP contribution in [0.5, 0.6) is 0 Å². The van der Waals surface area contributed by atoms with Gasteiger partial charge in [-0.3, -0.25) is 10.4 Å². The summed E-state index contributed by atoms with van der Waals surface area (Å²) in [5, 5.41) is 0. The van der Waals surface area contributed by atoms with Crippen LogP contribution in [0.1, 0.15) is 0 Å². The van der Waals surface area contributed by atoms with Crippen LogP contribution in [0.3, 0.4) is 0 Å². The van der Waals surface area contributed by atoms with Gasteiger partial charge in [0.2, 0.25) is 0 Å². The second kappa shape index (κ2) is 3.78. The van der Waals surface area contributed by atoms with E-state index in [0.29, 0.717) is 9.26 Å². The molecule has 0 radical (unpaired) electrons. The van der Waals surface area contributed by atoms with Crippen LogP contribution in [-0.4, -0.2) is 13.0 Å². The number of hydrogen-bond acceptors (Lipinski definition) is 4. The van der Waals surface area contributed by atoms with Crippen molar-refractivity contribution in [2.24, 2.45) is 5.84 Å². The average Bonchev–Trinajstić information content (AvgIpc) is 2.01. The highest BCUT2D eigenvalue weighted by molar-refractivity contribution is 14.1. The molecule has 1 aromatic carbocycles. The standard InChI is InChI=1S/C6H7IN2O3S/c7-5-3-4(9-8)1-2-6(5)13(10,11)12/h1-3,9H,8H2,(H,10,11,12). The zero-order valence-corrected chi connectivity index (χ0v) is 9.33. The Bertz CT molecular complexity index is 418. The number of nitrogen functional groups attached to an aromatic ring is 1. The molecule has 7 heteroatoms. The molecular formula is C6H7IN2O3S. The number of nitrogens with one attached hydrogen (secondary N) is 1. The third kappa shape index (κ3) is 2.53. The fraction of sp³-hybridized carbons (Fsp3) is 0. The lowest BCUT2D eigenvalue weighted by Crippen LogP contribution is -2.08. The van der Waals surface area contributed by atoms with Crippen LogP contribution in [-0.2, 0) is 10.1 Å². The van der Waals surface area contributed by atoms with Crippen molar-refractivity contribution in [3.05, 3.63) is 21.8 Å². The van der Waals surface area contributed by atoms with Crippen LogP contribution >= 0.6 is 22.6 Å². The van der Waals surface area contributed by atoms with Crippen molar-refractivity contribution in [1.82, 2.24) is 0 Å². The van der Waals surface area contributed by atoms with Crippen LogP contribution in [0.4, 0.5) is 5.69 Å². The van der Waals surface area contributed by atoms with E-state index in [1.165, 1.54) is 18.2 Å². The number of rotatable bonds is 2. The van der Waals surface area contributed by atoms with Crippen LogP contribution < -0.4 is 11.3 Å². The van der Waals surface area contributed by atoms with E-state index in [0.717, 1.165) is 0 Å². The first-order valence-corrected chi connectivity index (χ1v) is 5.70. The molecule has 0 amide bonds. The number of anilines is 1. The third-order valence-corrected chi connectivity index (χ3v) is 3.55. The molecule has 0 bridgehead atoms. The van der Waals surface area contributed by atoms with Gasteiger partial charge in [-0.05, 0) is 40.8 Å². The molecule has 0 fully saturated rings. The molecule has 0 saturated carbocycles. The highest BCUT2D eigenvalue weighted by Crippen LogP contribution is 2.21. The fourth-order valence-corrected chi connectivity index (χ4v) is 2.70. The van der Waals surface area contributed by atoms with Crippen LogP contribution in [0, 0.1) is 3.57 Å². The zero-order valence-electron chi connectivity index (χ0n) is 6.36. The van der Waals surface area contributed by atoms with Crippen molar-refractivity contribution < 1.29 is 13.0 Å². The second-order valence-electron chi connectivity index (χ2n) is 2.26. The molecule has 72 valence electrons. The van der Waals surface area contributed by atoms with Crippen LogP contribution in [0.15, 0.2) is 23.1 Å². The molecule has 0 spiro atoms. The molecule has 0 atom stereocenters. The van der Waals surface area contributed by atoms with Crippen molar-refractivity contribution in [1.29, 1.82) is 0 Å². The molecule has 0 saturated heterocycles. The van der Waals surface area contributed by atoms with Gasteiger partial charge in [0.25, 0.3) is 10.1 Å². The van der Waals surface area contributed by atoms with Crippen LogP contribution in [0.2, 0.25) is 0 Å². The van der Waals surface area contributed by atoms with Crippen molar-refractivity contribution >= 4 is 38.4 Å². The molecule has 0 aliphatic carbocycles. The molecule has 0 unspecified atom stereocenters. The first kappa shape index (κ1) is 10.7. The Kier molecular flexibility index (Phi) is 3.11. The molecule has 0 aromatic heterocycles. The number of hydrazine groups is 1. The topological polar surface area (TPSA) is 92.4 Å². The highest BCUT2D eigenvalue weighted by atomic mass is 127. The van der Waals surface area contributed by atoms with Gasteiger partial charge in [0, 0.05) is 9.26 Å². The van der Waals surface area contributed by atoms with Gasteiger partial charge in [0.1, 0.15) is 4.90 Å². The van der Waals surface area contributed by atoms with E-state index < -0.39 is 10.1 Å². The minimum absolute atomic E-state index is 0.118. The number of benzene rings is 1. The highest BCUT2D eigenvalue weighted by Gasteiger charge is 2.13. The summed E-state index contributed by atoms with van der Waals surface area (Å²) < 4.78 is 30.7. The number of halogens is 1. The normalized spacial score (nSPS) is 11.3. The van der Waals surface area contributed by atoms with E-state index in [1.807, 2.05) is 0 Å². The monoisotopic (exact) mass is 314 g/mol. The summed E-state index contributed by atoms with van der Waals surface area (Å²) in [6.07, 6.45) is 0. The van der Waals surface area contributed by atoms with Crippen molar-refractivity contribution in [2.75, 3.05) is 5.43 Å². The molecule has 1 rings (SSSR count). The maximum absolute atomic E-state index is 10.8. The van der Waals surface area contributed by atoms with E-state index in [-0.39, 0.29) is 4.90 Å². The smallest absolute Gasteiger partial charge is 0.295 e. The molecule has 0 aliphatic heterocycles. The maximum atomic E-state index is 10.8. The Morgan fingerprint density at radius 2 is 2.08 bits per heavy atom. The van der Waals surface area contributed by atoms with Crippen molar-refractivity contribution in [3.63, 3.8) is 0 Å². The fourth-order valence-electron chi connectivity index (χ4n) is 0.800. The molecular weight excluding hydrogens is 307 g/mol. The SMILES string of the molecule is NNc1ccc(S(=O)(=O)O)c(I)c1. The average molecular weight is 314 g/mol. The van der Waals surface area contributed by atoms with Gasteiger partial charge in [-0.15, -0.1) is 0 Å². The Morgan fingerprint density at radius 1 is 1.46 bits per heavy atom. The predicted molar refractivity (Wildman–Crippen MR) is 56.8 cm³/mol. The minimum atomic E-state index is -4.13. The lowest BCUT2D eigenvalue weighted by molar-refractivity contribution is 0.482. The third-order valence-electron chi connectivity index (χ3n) is 1.38. The summed E-state index contributed by atoms with van der Waals surface area (Å²) >= 11 is 1.80. The molecule has 13 heavy (non-hydrogen) atoms. The summed E-state index contributed by atoms with van der Waals surface area (Å²) in [4.78, 5) is -0.118. The van der Waals surface area contributed by atoms with E-state index in [1.54, 1.807) is 22.6 Å². The lowest BCUT2D eigenvalue weighted by Gasteiger charge is -2.03. The summed E-state index contributed by atoms with van der Waals surface area (Å²) in [6.45, 7) is 0. The van der Waals surface area contributed by atoms with Gasteiger partial charge in [-0.2, -0.15) is 8.42 Å². The number of hydrogen-bond donors (Lipinski definition) is 3. The Hall–Kier alpha value is -0.380. The Labute approximate surface area is 89.2 Å². The van der Waals surface area contributed by atoms with Gasteiger partial charge in [-0.1, -0.05) is 0 Å². The Morgan fingerprint density at radius 3 is 2.46 bits per heavy atom. The minimum Gasteiger partial charge on any atom is -0.324 e. The van der Waals surface area contributed by atoms with E-state index in [4.69, 9.17) is 10.4 Å². The summed E-state index contributed by atoms with van der Waals surface area (Å²) in [5.41, 5.74) is 2.95. The Balaban J connectivity index is 3.29. The molecule has 5 nitrogen and oxygen atoms in total. The largest absolute Gasteiger partial charge is 0.324 e. The zero-order chi connectivity index (χ0) is 10.1. The van der Waals surface area contributed by atoms with Gasteiger partial charge >= 0.3 is 0 Å². The second-order valence-corrected chi connectivity index (χ2v) is 4.82. The predicted octanol–water partition coefficient (Wildman–Crippen LogP) is 0.824. The van der Waals surface area contributed by atoms with Gasteiger partial charge in [0.15, 0.2) is 0 Å². The summed E-state index contributed by atoms with van der Waals surface area (Å²) in [5.74, 6) is 5.11. The first-order chi connectivity index (χ1) is 5.95. The molecule has 0 heterocycles. The van der Waals surface area contributed by atoms with Gasteiger partial charge in [0.05, 0.1) is 0 Å². The van der Waals surface area contributed by atoms with Crippen molar-refractivity contribution in [3.8, 4) is 0 Å². The van der Waals surface area contributed by atoms with Crippen LogP contribution in [0.25, 0.3) is 0 Å². The molecule has 0 aliphatic rings. The van der Waals surface area contributed by atoms with E-state index in [9.17, 15) is 8.42 Å². The summed E-state index contributed by atoms with van der Waals surface area (Å²) in [7, 11) is -4.13. The number of nitrogens with two attached hydrogens (primary N) is 1. The van der Waals surface area contributed by atoms with Gasteiger partial charge < -0.3 is 5.43 Å². The van der Waals surface area contributed by atoms with Gasteiger partial charge in [-0.25, -0.2) is 0 Å². The van der Waals surface area contributed by atoms with E-state index >= 15 is 0 Å². The van der Waals surface area contributed by atoms with E-state index in [2.05, 4.69) is 5.43 Å². The summed E-state index contributed by atoms with van der Waals surface area (Å²) in [6, 6.07) is 4.27. The quantitative estimate of drug-likeness (QED) is 0.325. The molecule has 4 N–H and O–H groups in total. The van der Waals surface area contributed by atoms with Crippen molar-refractivity contribution in [2.45, 2.75) is 4.90 Å². The maximum Gasteiger partial charge on any atom is 0.295 e.